The fourth-order valence-electron chi connectivity index (χ4n) is 4.21. The average Bonchev–Trinajstić information content (AvgIpc) is 3.18. The number of hydrogen-bond donors (Lipinski definition) is 3. The molecule has 0 atom stereocenters. The summed E-state index contributed by atoms with van der Waals surface area (Å²) in [7, 11) is 2.18. The van der Waals surface area contributed by atoms with Crippen LogP contribution in [-0.2, 0) is 11.3 Å². The average molecular weight is 454 g/mol. The predicted molar refractivity (Wildman–Crippen MR) is 130 cm³/mol. The first-order valence-electron chi connectivity index (χ1n) is 11.9. The monoisotopic (exact) mass is 453 g/mol. The zero-order valence-corrected chi connectivity index (χ0v) is 19.6. The van der Waals surface area contributed by atoms with Crippen molar-refractivity contribution in [1.82, 2.24) is 29.7 Å². The second-order valence-electron chi connectivity index (χ2n) is 8.91. The van der Waals surface area contributed by atoms with Gasteiger partial charge in [-0.3, -0.25) is 9.89 Å². The van der Waals surface area contributed by atoms with Crippen LogP contribution in [0.2, 0.25) is 0 Å². The zero-order valence-electron chi connectivity index (χ0n) is 19.6. The van der Waals surface area contributed by atoms with Crippen molar-refractivity contribution in [3.8, 4) is 0 Å². The van der Waals surface area contributed by atoms with Gasteiger partial charge in [0.15, 0.2) is 11.6 Å². The Bertz CT molecular complexity index is 1050. The van der Waals surface area contributed by atoms with Gasteiger partial charge in [-0.05, 0) is 57.8 Å². The van der Waals surface area contributed by atoms with E-state index in [1.165, 1.54) is 49.9 Å². The summed E-state index contributed by atoms with van der Waals surface area (Å²) in [5.41, 5.74) is 7.57. The minimum Gasteiger partial charge on any atom is -0.372 e. The molecule has 1 aliphatic carbocycles. The summed E-state index contributed by atoms with van der Waals surface area (Å²) >= 11 is 0. The number of aromatic amines is 1. The van der Waals surface area contributed by atoms with Gasteiger partial charge in [0.05, 0.1) is 5.69 Å². The lowest BCUT2D eigenvalue weighted by molar-refractivity contribution is -0.106. The van der Waals surface area contributed by atoms with E-state index in [0.717, 1.165) is 49.3 Å². The maximum atomic E-state index is 8.58. The van der Waals surface area contributed by atoms with Crippen LogP contribution < -0.4 is 16.0 Å². The van der Waals surface area contributed by atoms with E-state index in [4.69, 9.17) is 14.9 Å². The molecule has 1 saturated heterocycles. The van der Waals surface area contributed by atoms with Gasteiger partial charge in [-0.2, -0.15) is 10.1 Å². The molecule has 4 heterocycles. The first-order valence-corrected chi connectivity index (χ1v) is 11.9. The molecule has 0 aromatic carbocycles. The predicted octanol–water partition coefficient (Wildman–Crippen LogP) is 3.01. The fourth-order valence-corrected chi connectivity index (χ4v) is 4.21. The van der Waals surface area contributed by atoms with Gasteiger partial charge in [0.2, 0.25) is 12.4 Å². The number of amides is 1. The minimum absolute atomic E-state index is 0.250. The normalized spacial score (nSPS) is 15.7. The van der Waals surface area contributed by atoms with Crippen molar-refractivity contribution in [3.05, 3.63) is 29.6 Å². The van der Waals surface area contributed by atoms with Crippen LogP contribution in [0.15, 0.2) is 18.2 Å². The third-order valence-corrected chi connectivity index (χ3v) is 6.15. The minimum atomic E-state index is 0.250. The third-order valence-electron chi connectivity index (χ3n) is 6.15. The number of nitrogens with one attached hydrogen (secondary N) is 2. The lowest BCUT2D eigenvalue weighted by Gasteiger charge is -2.19. The topological polar surface area (TPSA) is 120 Å². The molecule has 0 unspecified atom stereocenters. The van der Waals surface area contributed by atoms with Crippen LogP contribution in [0.3, 0.4) is 0 Å². The molecule has 33 heavy (non-hydrogen) atoms. The van der Waals surface area contributed by atoms with E-state index < -0.39 is 0 Å². The Morgan fingerprint density at radius 2 is 2.06 bits per heavy atom. The zero-order chi connectivity index (χ0) is 23.2. The van der Waals surface area contributed by atoms with Crippen molar-refractivity contribution in [3.63, 3.8) is 0 Å². The van der Waals surface area contributed by atoms with Crippen molar-refractivity contribution in [2.24, 2.45) is 5.73 Å². The number of unbranched alkanes of at least 4 members (excludes halogenated alkanes) is 1. The summed E-state index contributed by atoms with van der Waals surface area (Å²) in [4.78, 5) is 18.1. The smallest absolute Gasteiger partial charge is 0.245 e. The Labute approximate surface area is 194 Å². The number of H-pyrrole nitrogens is 1. The van der Waals surface area contributed by atoms with Gasteiger partial charge < -0.3 is 20.9 Å². The second kappa shape index (κ2) is 10.7. The van der Waals surface area contributed by atoms with E-state index in [1.807, 2.05) is 0 Å². The fraction of sp³-hybridized carbons (Fsp3) is 0.565. The van der Waals surface area contributed by atoms with Gasteiger partial charge >= 0.3 is 0 Å². The molecular formula is C23H35N9O. The first kappa shape index (κ1) is 23.0. The molecule has 1 amide bonds. The molecule has 4 N–H and O–H groups in total. The van der Waals surface area contributed by atoms with E-state index >= 15 is 0 Å². The molecule has 3 aromatic heterocycles. The molecule has 0 radical (unpaired) electrons. The summed E-state index contributed by atoms with van der Waals surface area (Å²) < 4.78 is 2.07. The highest BCUT2D eigenvalue weighted by Gasteiger charge is 2.26. The van der Waals surface area contributed by atoms with E-state index in [0.29, 0.717) is 5.92 Å². The lowest BCUT2D eigenvalue weighted by atomic mass is 10.3. The molecule has 5 rings (SSSR count). The number of rotatable bonds is 9. The highest BCUT2D eigenvalue weighted by atomic mass is 16.1. The number of carbonyl (C=O) groups excluding carboxylic acids is 1. The Kier molecular flexibility index (Phi) is 7.43. The number of anilines is 3. The van der Waals surface area contributed by atoms with Gasteiger partial charge in [-0.1, -0.05) is 13.3 Å². The van der Waals surface area contributed by atoms with E-state index in [2.05, 4.69) is 67.7 Å². The van der Waals surface area contributed by atoms with Gasteiger partial charge in [0.1, 0.15) is 5.52 Å². The highest BCUT2D eigenvalue weighted by Crippen LogP contribution is 2.39. The first-order chi connectivity index (χ1) is 16.1. The third kappa shape index (κ3) is 5.62. The molecule has 3 aromatic rings. The van der Waals surface area contributed by atoms with Crippen molar-refractivity contribution in [1.29, 1.82) is 0 Å². The molecular weight excluding hydrogens is 418 g/mol. The SMILES string of the molecule is CCCCN(C)Cc1ccc2c(Nc3cc(C4CC4)[nH]n3)nc(N3CCCC3)nn12.NC=O. The highest BCUT2D eigenvalue weighted by molar-refractivity contribution is 5.73. The maximum absolute atomic E-state index is 8.58. The van der Waals surface area contributed by atoms with Gasteiger partial charge in [-0.25, -0.2) is 4.52 Å². The molecule has 0 bridgehead atoms. The summed E-state index contributed by atoms with van der Waals surface area (Å²) in [6, 6.07) is 6.41. The van der Waals surface area contributed by atoms with E-state index in [9.17, 15) is 0 Å². The van der Waals surface area contributed by atoms with Crippen molar-refractivity contribution < 1.29 is 4.79 Å². The number of hydrogen-bond acceptors (Lipinski definition) is 7. The van der Waals surface area contributed by atoms with Crippen LogP contribution in [0.1, 0.15) is 62.8 Å². The Morgan fingerprint density at radius 1 is 1.30 bits per heavy atom. The number of nitrogens with two attached hydrogens (primary N) is 1. The molecule has 2 fully saturated rings. The van der Waals surface area contributed by atoms with Crippen molar-refractivity contribution >= 4 is 29.5 Å². The van der Waals surface area contributed by atoms with E-state index in [1.54, 1.807) is 0 Å². The molecule has 1 aliphatic heterocycles. The summed E-state index contributed by atoms with van der Waals surface area (Å²) in [6.07, 6.45) is 7.58. The van der Waals surface area contributed by atoms with Crippen LogP contribution >= 0.6 is 0 Å². The van der Waals surface area contributed by atoms with Crippen LogP contribution in [0.4, 0.5) is 17.6 Å². The van der Waals surface area contributed by atoms with E-state index in [-0.39, 0.29) is 6.41 Å². The van der Waals surface area contributed by atoms with Crippen molar-refractivity contribution in [2.45, 2.75) is 57.9 Å². The summed E-state index contributed by atoms with van der Waals surface area (Å²) in [5, 5.41) is 16.0. The number of carbonyl (C=O) groups is 1. The molecule has 10 heteroatoms. The van der Waals surface area contributed by atoms with Crippen LogP contribution in [0.25, 0.3) is 5.52 Å². The molecule has 178 valence electrons. The molecule has 1 saturated carbocycles. The Balaban J connectivity index is 0.000000821. The number of primary amides is 1. The van der Waals surface area contributed by atoms with Crippen LogP contribution in [-0.4, -0.2) is 62.8 Å². The van der Waals surface area contributed by atoms with Crippen LogP contribution in [0.5, 0.6) is 0 Å². The lowest BCUT2D eigenvalue weighted by Crippen LogP contribution is -2.24. The summed E-state index contributed by atoms with van der Waals surface area (Å²) in [6.45, 7) is 6.24. The van der Waals surface area contributed by atoms with Crippen LogP contribution in [0, 0.1) is 0 Å². The van der Waals surface area contributed by atoms with Gasteiger partial charge in [0, 0.05) is 37.3 Å². The number of nitrogens with zero attached hydrogens (tertiary/aromatic N) is 6. The molecule has 2 aliphatic rings. The largest absolute Gasteiger partial charge is 0.372 e. The Hall–Kier alpha value is -3.14. The van der Waals surface area contributed by atoms with Gasteiger partial charge in [-0.15, -0.1) is 5.10 Å². The molecule has 10 nitrogen and oxygen atoms in total. The standard InChI is InChI=1S/C22H32N8.CH3NO/c1-3-4-11-28(2)15-17-9-10-19-21(23-20-14-18(25-26-20)16-7-8-16)24-22(27-30(17)19)29-12-5-6-13-29;2-1-3/h9-10,14,16H,3-8,11-13,15H2,1-2H3,(H2,23,24,25,26,27);1H,(H2,2,3). The van der Waals surface area contributed by atoms with Gasteiger partial charge in [0.25, 0.3) is 0 Å². The summed E-state index contributed by atoms with van der Waals surface area (Å²) in [5.74, 6) is 3.10. The Morgan fingerprint density at radius 3 is 2.76 bits per heavy atom. The quantitative estimate of drug-likeness (QED) is 0.426. The molecule has 0 spiro atoms. The number of aromatic nitrogens is 5. The maximum Gasteiger partial charge on any atom is 0.245 e. The second-order valence-corrected chi connectivity index (χ2v) is 8.91. The van der Waals surface area contributed by atoms with Crippen molar-refractivity contribution in [2.75, 3.05) is 36.9 Å². The number of fused-ring (bicyclic) bond motifs is 1.